The summed E-state index contributed by atoms with van der Waals surface area (Å²) in [5.41, 5.74) is 1.05. The lowest BCUT2D eigenvalue weighted by Gasteiger charge is -2.14. The second-order valence-electron chi connectivity index (χ2n) is 4.48. The molecule has 3 heteroatoms. The molecule has 2 heterocycles. The number of ether oxygens (including phenoxy) is 1. The Hall–Kier alpha value is -1.61. The minimum atomic E-state index is 0.0548. The molecule has 2 aromatic rings. The molecule has 1 aliphatic rings. The van der Waals surface area contributed by atoms with Crippen LogP contribution in [0.25, 0.3) is 10.9 Å². The van der Waals surface area contributed by atoms with Crippen LogP contribution in [0.5, 0.6) is 0 Å². The summed E-state index contributed by atoms with van der Waals surface area (Å²) in [6.07, 6.45) is 2.35. The summed E-state index contributed by atoms with van der Waals surface area (Å²) >= 11 is 0. The summed E-state index contributed by atoms with van der Waals surface area (Å²) in [7, 11) is 0. The van der Waals surface area contributed by atoms with Gasteiger partial charge in [0.1, 0.15) is 0 Å². The Morgan fingerprint density at radius 1 is 1.24 bits per heavy atom. The predicted octanol–water partition coefficient (Wildman–Crippen LogP) is 2.18. The van der Waals surface area contributed by atoms with E-state index in [1.807, 2.05) is 34.9 Å². The van der Waals surface area contributed by atoms with Crippen LogP contribution in [0.3, 0.4) is 0 Å². The van der Waals surface area contributed by atoms with Crippen molar-refractivity contribution >= 4 is 10.9 Å². The highest BCUT2D eigenvalue weighted by molar-refractivity contribution is 5.78. The predicted molar refractivity (Wildman–Crippen MR) is 67.2 cm³/mol. The van der Waals surface area contributed by atoms with Crippen molar-refractivity contribution in [2.45, 2.75) is 25.5 Å². The monoisotopic (exact) mass is 229 g/mol. The number of hydrogen-bond donors (Lipinski definition) is 0. The molecule has 3 nitrogen and oxygen atoms in total. The number of fused-ring (bicyclic) bond motifs is 1. The van der Waals surface area contributed by atoms with Crippen LogP contribution in [-0.2, 0) is 11.3 Å². The van der Waals surface area contributed by atoms with E-state index in [-0.39, 0.29) is 11.7 Å². The third kappa shape index (κ3) is 1.98. The van der Waals surface area contributed by atoms with Gasteiger partial charge in [0.2, 0.25) is 0 Å². The normalized spacial score (nSPS) is 19.9. The number of para-hydroxylation sites is 1. The first kappa shape index (κ1) is 10.5. The van der Waals surface area contributed by atoms with Gasteiger partial charge in [-0.25, -0.2) is 0 Å². The van der Waals surface area contributed by atoms with Crippen molar-refractivity contribution in [1.82, 2.24) is 4.57 Å². The van der Waals surface area contributed by atoms with Gasteiger partial charge in [-0.15, -0.1) is 0 Å². The highest BCUT2D eigenvalue weighted by Gasteiger charge is 2.17. The lowest BCUT2D eigenvalue weighted by atomic mass is 10.2. The molecule has 1 aromatic carbocycles. The molecule has 1 unspecified atom stereocenters. The van der Waals surface area contributed by atoms with Crippen molar-refractivity contribution in [2.24, 2.45) is 0 Å². The highest BCUT2D eigenvalue weighted by Crippen LogP contribution is 2.16. The average molecular weight is 229 g/mol. The van der Waals surface area contributed by atoms with E-state index in [2.05, 4.69) is 0 Å². The van der Waals surface area contributed by atoms with E-state index < -0.39 is 0 Å². The zero-order valence-electron chi connectivity index (χ0n) is 9.63. The fourth-order valence-corrected chi connectivity index (χ4v) is 2.42. The lowest BCUT2D eigenvalue weighted by Crippen LogP contribution is -2.25. The molecule has 0 amide bonds. The average Bonchev–Trinajstić information content (AvgIpc) is 2.86. The summed E-state index contributed by atoms with van der Waals surface area (Å²) in [5, 5.41) is 1.10. The molecule has 0 radical (unpaired) electrons. The second-order valence-corrected chi connectivity index (χ2v) is 4.48. The zero-order valence-corrected chi connectivity index (χ0v) is 9.63. The fraction of sp³-hybridized carbons (Fsp3) is 0.357. The number of benzene rings is 1. The Balaban J connectivity index is 2.06. The van der Waals surface area contributed by atoms with Crippen molar-refractivity contribution < 1.29 is 4.74 Å². The van der Waals surface area contributed by atoms with E-state index in [0.717, 1.165) is 30.4 Å². The molecule has 1 aromatic heterocycles. The van der Waals surface area contributed by atoms with Crippen LogP contribution in [0.4, 0.5) is 0 Å². The highest BCUT2D eigenvalue weighted by atomic mass is 16.5. The maximum absolute atomic E-state index is 11.9. The number of nitrogens with zero attached hydrogens (tertiary/aromatic N) is 1. The molecule has 0 saturated carbocycles. The van der Waals surface area contributed by atoms with E-state index >= 15 is 0 Å². The van der Waals surface area contributed by atoms with Crippen LogP contribution in [0.1, 0.15) is 12.8 Å². The summed E-state index contributed by atoms with van der Waals surface area (Å²) < 4.78 is 7.43. The lowest BCUT2D eigenvalue weighted by molar-refractivity contribution is 0.0972. The Kier molecular flexibility index (Phi) is 2.69. The molecule has 0 bridgehead atoms. The first-order valence-corrected chi connectivity index (χ1v) is 6.05. The van der Waals surface area contributed by atoms with Crippen molar-refractivity contribution in [3.8, 4) is 0 Å². The number of hydrogen-bond acceptors (Lipinski definition) is 2. The maximum Gasteiger partial charge on any atom is 0.251 e. The van der Waals surface area contributed by atoms with Gasteiger partial charge in [-0.1, -0.05) is 18.2 Å². The van der Waals surface area contributed by atoms with Gasteiger partial charge >= 0.3 is 0 Å². The van der Waals surface area contributed by atoms with Crippen LogP contribution in [0, 0.1) is 0 Å². The van der Waals surface area contributed by atoms with Crippen molar-refractivity contribution in [3.05, 3.63) is 46.8 Å². The van der Waals surface area contributed by atoms with Crippen molar-refractivity contribution in [2.75, 3.05) is 6.61 Å². The van der Waals surface area contributed by atoms with Crippen LogP contribution >= 0.6 is 0 Å². The minimum absolute atomic E-state index is 0.0548. The van der Waals surface area contributed by atoms with Crippen LogP contribution in [-0.4, -0.2) is 17.3 Å². The largest absolute Gasteiger partial charge is 0.376 e. The smallest absolute Gasteiger partial charge is 0.251 e. The zero-order chi connectivity index (χ0) is 11.7. The molecule has 88 valence electrons. The number of rotatable bonds is 2. The quantitative estimate of drug-likeness (QED) is 0.790. The fourth-order valence-electron chi connectivity index (χ4n) is 2.42. The summed E-state index contributed by atoms with van der Waals surface area (Å²) in [5.74, 6) is 0. The van der Waals surface area contributed by atoms with Crippen molar-refractivity contribution in [1.29, 1.82) is 0 Å². The molecule has 17 heavy (non-hydrogen) atoms. The molecule has 1 saturated heterocycles. The molecule has 3 rings (SSSR count). The Bertz CT molecular complexity index is 582. The Labute approximate surface area is 99.6 Å². The third-order valence-electron chi connectivity index (χ3n) is 3.31. The van der Waals surface area contributed by atoms with E-state index in [1.165, 1.54) is 0 Å². The van der Waals surface area contributed by atoms with Gasteiger partial charge in [0, 0.05) is 12.7 Å². The molecule has 0 spiro atoms. The van der Waals surface area contributed by atoms with Crippen LogP contribution in [0.2, 0.25) is 0 Å². The van der Waals surface area contributed by atoms with Gasteiger partial charge < -0.3 is 9.30 Å². The SMILES string of the molecule is O=c1ccc2ccccc2n1CC1CCCO1. The topological polar surface area (TPSA) is 31.2 Å². The van der Waals surface area contributed by atoms with E-state index in [9.17, 15) is 4.79 Å². The maximum atomic E-state index is 11.9. The Morgan fingerprint density at radius 3 is 2.94 bits per heavy atom. The van der Waals surface area contributed by atoms with Crippen molar-refractivity contribution in [3.63, 3.8) is 0 Å². The van der Waals surface area contributed by atoms with E-state index in [1.54, 1.807) is 6.07 Å². The number of aromatic nitrogens is 1. The van der Waals surface area contributed by atoms with Gasteiger partial charge in [0.25, 0.3) is 5.56 Å². The summed E-state index contributed by atoms with van der Waals surface area (Å²) in [6.45, 7) is 1.49. The molecule has 0 N–H and O–H groups in total. The van der Waals surface area contributed by atoms with E-state index in [4.69, 9.17) is 4.74 Å². The number of pyridine rings is 1. The van der Waals surface area contributed by atoms with E-state index in [0.29, 0.717) is 6.54 Å². The summed E-state index contributed by atoms with van der Waals surface area (Å²) in [4.78, 5) is 11.9. The Morgan fingerprint density at radius 2 is 2.12 bits per heavy atom. The molecule has 1 atom stereocenters. The molecule has 1 aliphatic heterocycles. The van der Waals surface area contributed by atoms with Gasteiger partial charge in [-0.05, 0) is 30.4 Å². The van der Waals surface area contributed by atoms with Crippen LogP contribution < -0.4 is 5.56 Å². The van der Waals surface area contributed by atoms with Gasteiger partial charge in [-0.3, -0.25) is 4.79 Å². The van der Waals surface area contributed by atoms with Gasteiger partial charge in [0.05, 0.1) is 18.2 Å². The minimum Gasteiger partial charge on any atom is -0.376 e. The van der Waals surface area contributed by atoms with Gasteiger partial charge in [0.15, 0.2) is 0 Å². The molecule has 1 fully saturated rings. The van der Waals surface area contributed by atoms with Gasteiger partial charge in [-0.2, -0.15) is 0 Å². The summed E-state index contributed by atoms with van der Waals surface area (Å²) in [6, 6.07) is 11.5. The molecular formula is C14H15NO2. The molecule has 0 aliphatic carbocycles. The first-order chi connectivity index (χ1) is 8.34. The van der Waals surface area contributed by atoms with Crippen LogP contribution in [0.15, 0.2) is 41.2 Å². The third-order valence-corrected chi connectivity index (χ3v) is 3.31. The first-order valence-electron chi connectivity index (χ1n) is 6.05. The molecular weight excluding hydrogens is 214 g/mol. The second kappa shape index (κ2) is 4.34. The standard InChI is InChI=1S/C14H15NO2/c16-14-8-7-11-4-1-2-6-13(11)15(14)10-12-5-3-9-17-12/h1-2,4,6-8,12H,3,5,9-10H2.